The molecule has 0 bridgehead atoms. The van der Waals surface area contributed by atoms with Gasteiger partial charge in [-0.3, -0.25) is 4.79 Å². The van der Waals surface area contributed by atoms with Crippen LogP contribution in [0.5, 0.6) is 0 Å². The van der Waals surface area contributed by atoms with Gasteiger partial charge in [-0.15, -0.1) is 0 Å². The number of nitrogens with one attached hydrogen (secondary N) is 1. The van der Waals surface area contributed by atoms with E-state index in [0.29, 0.717) is 11.3 Å². The van der Waals surface area contributed by atoms with E-state index >= 15 is 0 Å². The van der Waals surface area contributed by atoms with Gasteiger partial charge in [0.1, 0.15) is 6.04 Å². The number of carbonyl (C=O) groups is 1. The molecule has 86 valence electrons. The molecule has 15 heavy (non-hydrogen) atoms. The molecule has 4 nitrogen and oxygen atoms in total. The Morgan fingerprint density at radius 2 is 2.33 bits per heavy atom. The Morgan fingerprint density at radius 1 is 1.60 bits per heavy atom. The highest BCUT2D eigenvalue weighted by molar-refractivity contribution is 8.00. The fraction of sp³-hybridized carbons (Fsp3) is 0.900. The molecule has 2 fully saturated rings. The summed E-state index contributed by atoms with van der Waals surface area (Å²) in [6.45, 7) is 1.64. The molecule has 1 N–H and O–H groups in total. The molecule has 1 aliphatic carbocycles. The zero-order valence-electron chi connectivity index (χ0n) is 8.90. The molecule has 0 spiro atoms. The normalized spacial score (nSPS) is 23.3. The van der Waals surface area contributed by atoms with Gasteiger partial charge in [0.25, 0.3) is 0 Å². The van der Waals surface area contributed by atoms with E-state index in [4.69, 9.17) is 9.47 Å². The van der Waals surface area contributed by atoms with Gasteiger partial charge in [0.05, 0.1) is 25.6 Å². The molecule has 5 heteroatoms. The monoisotopic (exact) mass is 231 g/mol. The number of carbonyl (C=O) groups excluding carboxylic acids is 1. The lowest BCUT2D eigenvalue weighted by atomic mass is 10.3. The maximum absolute atomic E-state index is 11.5. The Labute approximate surface area is 94.1 Å². The van der Waals surface area contributed by atoms with Crippen molar-refractivity contribution in [2.24, 2.45) is 0 Å². The molecule has 0 radical (unpaired) electrons. The minimum Gasteiger partial charge on any atom is -0.468 e. The fourth-order valence-electron chi connectivity index (χ4n) is 1.40. The van der Waals surface area contributed by atoms with Gasteiger partial charge in [-0.1, -0.05) is 0 Å². The van der Waals surface area contributed by atoms with E-state index in [1.807, 2.05) is 0 Å². The first-order chi connectivity index (χ1) is 7.29. The van der Waals surface area contributed by atoms with Gasteiger partial charge in [-0.05, 0) is 12.8 Å². The summed E-state index contributed by atoms with van der Waals surface area (Å²) in [6, 6.07) is 0.389. The Kier molecular flexibility index (Phi) is 3.88. The maximum atomic E-state index is 11.5. The second kappa shape index (κ2) is 5.18. The second-order valence-corrected chi connectivity index (χ2v) is 5.34. The summed E-state index contributed by atoms with van der Waals surface area (Å²) in [5.74, 6) is 0.645. The SMILES string of the molecule is COC(=O)C(CSC1COC1)NC1CC1. The predicted molar refractivity (Wildman–Crippen MR) is 59.0 cm³/mol. The lowest BCUT2D eigenvalue weighted by molar-refractivity contribution is -0.142. The lowest BCUT2D eigenvalue weighted by Gasteiger charge is -2.26. The van der Waals surface area contributed by atoms with Crippen LogP contribution in [0.15, 0.2) is 0 Å². The summed E-state index contributed by atoms with van der Waals surface area (Å²) < 4.78 is 9.87. The molecular formula is C10H17NO3S. The van der Waals surface area contributed by atoms with Crippen LogP contribution in [0.2, 0.25) is 0 Å². The topological polar surface area (TPSA) is 47.6 Å². The molecule has 1 heterocycles. The molecule has 1 saturated heterocycles. The molecule has 2 rings (SSSR count). The van der Waals surface area contributed by atoms with E-state index in [1.54, 1.807) is 11.8 Å². The van der Waals surface area contributed by atoms with Gasteiger partial charge in [-0.25, -0.2) is 0 Å². The number of hydrogen-bond acceptors (Lipinski definition) is 5. The van der Waals surface area contributed by atoms with E-state index in [9.17, 15) is 4.79 Å². The number of esters is 1. The van der Waals surface area contributed by atoms with Crippen molar-refractivity contribution in [1.29, 1.82) is 0 Å². The van der Waals surface area contributed by atoms with Crippen molar-refractivity contribution in [3.05, 3.63) is 0 Å². The molecule has 1 unspecified atom stereocenters. The van der Waals surface area contributed by atoms with Crippen LogP contribution in [0.4, 0.5) is 0 Å². The van der Waals surface area contributed by atoms with Gasteiger partial charge in [0, 0.05) is 11.8 Å². The first kappa shape index (κ1) is 11.2. The van der Waals surface area contributed by atoms with Gasteiger partial charge in [0.2, 0.25) is 0 Å². The van der Waals surface area contributed by atoms with Crippen LogP contribution in [0, 0.1) is 0 Å². The van der Waals surface area contributed by atoms with Crippen LogP contribution < -0.4 is 5.32 Å². The number of thioether (sulfide) groups is 1. The number of rotatable bonds is 6. The Hall–Kier alpha value is -0.260. The molecule has 0 amide bonds. The van der Waals surface area contributed by atoms with Crippen molar-refractivity contribution in [2.45, 2.75) is 30.2 Å². The minimum atomic E-state index is -0.145. The van der Waals surface area contributed by atoms with Crippen LogP contribution in [0.25, 0.3) is 0 Å². The van der Waals surface area contributed by atoms with E-state index in [-0.39, 0.29) is 12.0 Å². The van der Waals surface area contributed by atoms with E-state index < -0.39 is 0 Å². The summed E-state index contributed by atoms with van der Waals surface area (Å²) >= 11 is 1.80. The maximum Gasteiger partial charge on any atom is 0.323 e. The van der Waals surface area contributed by atoms with Gasteiger partial charge in [0.15, 0.2) is 0 Å². The van der Waals surface area contributed by atoms with Crippen LogP contribution in [0.3, 0.4) is 0 Å². The zero-order chi connectivity index (χ0) is 10.7. The van der Waals surface area contributed by atoms with Crippen molar-refractivity contribution in [3.8, 4) is 0 Å². The number of methoxy groups -OCH3 is 1. The highest BCUT2D eigenvalue weighted by atomic mass is 32.2. The third kappa shape index (κ3) is 3.36. The number of ether oxygens (including phenoxy) is 2. The average Bonchev–Trinajstić information content (AvgIpc) is 2.96. The summed E-state index contributed by atoms with van der Waals surface area (Å²) in [4.78, 5) is 11.5. The first-order valence-corrected chi connectivity index (χ1v) is 6.37. The minimum absolute atomic E-state index is 0.144. The quantitative estimate of drug-likeness (QED) is 0.671. The van der Waals surface area contributed by atoms with Gasteiger partial charge >= 0.3 is 5.97 Å². The lowest BCUT2D eigenvalue weighted by Crippen LogP contribution is -2.42. The average molecular weight is 231 g/mol. The van der Waals surface area contributed by atoms with E-state index in [1.165, 1.54) is 20.0 Å². The summed E-state index contributed by atoms with van der Waals surface area (Å²) in [7, 11) is 1.45. The first-order valence-electron chi connectivity index (χ1n) is 5.33. The smallest absolute Gasteiger partial charge is 0.323 e. The molecule has 1 aliphatic heterocycles. The molecule has 0 aromatic rings. The van der Waals surface area contributed by atoms with Gasteiger partial charge < -0.3 is 14.8 Å². The summed E-state index contributed by atoms with van der Waals surface area (Å²) in [5, 5.41) is 3.88. The van der Waals surface area contributed by atoms with E-state index in [0.717, 1.165) is 19.0 Å². The highest BCUT2D eigenvalue weighted by Crippen LogP contribution is 2.23. The fourth-order valence-corrected chi connectivity index (χ4v) is 2.49. The van der Waals surface area contributed by atoms with Crippen molar-refractivity contribution in [3.63, 3.8) is 0 Å². The van der Waals surface area contributed by atoms with Crippen molar-refractivity contribution >= 4 is 17.7 Å². The van der Waals surface area contributed by atoms with Crippen molar-refractivity contribution in [2.75, 3.05) is 26.1 Å². The predicted octanol–water partition coefficient (Wildman–Crippen LogP) is 0.412. The Bertz CT molecular complexity index is 229. The molecule has 1 atom stereocenters. The third-order valence-corrected chi connectivity index (χ3v) is 3.88. The largest absolute Gasteiger partial charge is 0.468 e. The molecule has 2 aliphatic rings. The third-order valence-electron chi connectivity index (χ3n) is 2.61. The van der Waals surface area contributed by atoms with E-state index in [2.05, 4.69) is 5.32 Å². The Morgan fingerprint density at radius 3 is 2.80 bits per heavy atom. The van der Waals surface area contributed by atoms with Crippen LogP contribution in [-0.4, -0.2) is 49.4 Å². The Balaban J connectivity index is 1.72. The van der Waals surface area contributed by atoms with Gasteiger partial charge in [-0.2, -0.15) is 11.8 Å². The standard InChI is InChI=1S/C10H17NO3S/c1-13-10(12)9(11-7-2-3-7)6-15-8-4-14-5-8/h7-9,11H,2-6H2,1H3. The summed E-state index contributed by atoms with van der Waals surface area (Å²) in [5.41, 5.74) is 0. The van der Waals surface area contributed by atoms with Crippen molar-refractivity contribution < 1.29 is 14.3 Å². The van der Waals surface area contributed by atoms with Crippen LogP contribution in [0.1, 0.15) is 12.8 Å². The zero-order valence-corrected chi connectivity index (χ0v) is 9.72. The van der Waals surface area contributed by atoms with Crippen LogP contribution in [-0.2, 0) is 14.3 Å². The second-order valence-electron chi connectivity index (χ2n) is 4.01. The van der Waals surface area contributed by atoms with Crippen LogP contribution >= 0.6 is 11.8 Å². The molecular weight excluding hydrogens is 214 g/mol. The molecule has 1 saturated carbocycles. The molecule has 0 aromatic carbocycles. The summed E-state index contributed by atoms with van der Waals surface area (Å²) in [6.07, 6.45) is 2.37. The highest BCUT2D eigenvalue weighted by Gasteiger charge is 2.30. The van der Waals surface area contributed by atoms with Crippen molar-refractivity contribution in [1.82, 2.24) is 5.32 Å². The number of hydrogen-bond donors (Lipinski definition) is 1. The molecule has 0 aromatic heterocycles.